The first-order chi connectivity index (χ1) is 8.92. The quantitative estimate of drug-likeness (QED) is 0.470. The second-order valence-corrected chi connectivity index (χ2v) is 4.69. The predicted octanol–water partition coefficient (Wildman–Crippen LogP) is 2.02. The third kappa shape index (κ3) is 3.41. The van der Waals surface area contributed by atoms with Crippen LogP contribution in [0.1, 0.15) is 17.3 Å². The third-order valence-corrected chi connectivity index (χ3v) is 3.03. The predicted molar refractivity (Wildman–Crippen MR) is 71.2 cm³/mol. The van der Waals surface area contributed by atoms with Gasteiger partial charge in [-0.1, -0.05) is 15.9 Å². The zero-order chi connectivity index (χ0) is 14.6. The van der Waals surface area contributed by atoms with Crippen molar-refractivity contribution >= 4 is 33.5 Å². The van der Waals surface area contributed by atoms with Gasteiger partial charge in [-0.25, -0.2) is 0 Å². The fraction of sp³-hybridized carbons (Fsp3) is 0.308. The summed E-state index contributed by atoms with van der Waals surface area (Å²) in [6, 6.07) is 4.70. The molecule has 0 radical (unpaired) electrons. The van der Waals surface area contributed by atoms with Gasteiger partial charge in [0.25, 0.3) is 0 Å². The Kier molecular flexibility index (Phi) is 5.23. The van der Waals surface area contributed by atoms with Crippen molar-refractivity contribution in [3.63, 3.8) is 0 Å². The van der Waals surface area contributed by atoms with Crippen LogP contribution in [-0.4, -0.2) is 31.8 Å². The van der Waals surface area contributed by atoms with E-state index in [1.807, 2.05) is 0 Å². The molecule has 0 unspecified atom stereocenters. The molecular formula is C13H13BrO5. The van der Waals surface area contributed by atoms with Crippen LogP contribution in [0, 0.1) is 5.92 Å². The summed E-state index contributed by atoms with van der Waals surface area (Å²) in [6.45, 7) is 1.17. The monoisotopic (exact) mass is 328 g/mol. The van der Waals surface area contributed by atoms with Crippen LogP contribution in [-0.2, 0) is 14.3 Å². The van der Waals surface area contributed by atoms with Gasteiger partial charge in [0.2, 0.25) is 0 Å². The van der Waals surface area contributed by atoms with E-state index in [1.54, 1.807) is 12.1 Å². The van der Waals surface area contributed by atoms with Gasteiger partial charge in [-0.15, -0.1) is 0 Å². The summed E-state index contributed by atoms with van der Waals surface area (Å²) >= 11 is 3.24. The van der Waals surface area contributed by atoms with Crippen LogP contribution in [0.5, 0.6) is 5.75 Å². The summed E-state index contributed by atoms with van der Waals surface area (Å²) in [7, 11) is 2.53. The average Bonchev–Trinajstić information content (AvgIpc) is 2.37. The Labute approximate surface area is 119 Å². The molecule has 0 amide bonds. The van der Waals surface area contributed by atoms with Gasteiger partial charge in [0.05, 0.1) is 19.8 Å². The van der Waals surface area contributed by atoms with Gasteiger partial charge in [0.15, 0.2) is 17.5 Å². The first kappa shape index (κ1) is 15.4. The molecule has 19 heavy (non-hydrogen) atoms. The summed E-state index contributed by atoms with van der Waals surface area (Å²) in [6.07, 6.45) is 0. The molecule has 0 aliphatic rings. The van der Waals surface area contributed by atoms with E-state index in [-0.39, 0.29) is 11.3 Å². The molecule has 1 atom stereocenters. The molecule has 0 fully saturated rings. The maximum Gasteiger partial charge on any atom is 0.324 e. The lowest BCUT2D eigenvalue weighted by molar-refractivity contribution is -0.146. The molecule has 1 rings (SSSR count). The first-order valence-corrected chi connectivity index (χ1v) is 6.17. The van der Waals surface area contributed by atoms with Gasteiger partial charge in [-0.3, -0.25) is 14.4 Å². The number of carbonyl (C=O) groups is 3. The zero-order valence-corrected chi connectivity index (χ0v) is 12.3. The Morgan fingerprint density at radius 2 is 1.84 bits per heavy atom. The molecule has 0 bridgehead atoms. The van der Waals surface area contributed by atoms with Crippen molar-refractivity contribution in [3.8, 4) is 5.75 Å². The van der Waals surface area contributed by atoms with Crippen LogP contribution in [0.4, 0.5) is 0 Å². The standard InChI is InChI=1S/C13H13BrO5/c1-7(15)11(13(17)19-3)12(16)9-5-4-8(14)6-10(9)18-2/h4-6,11H,1-3H3/t11-/m0/s1. The van der Waals surface area contributed by atoms with Gasteiger partial charge >= 0.3 is 5.97 Å². The van der Waals surface area contributed by atoms with Crippen molar-refractivity contribution in [2.24, 2.45) is 5.92 Å². The van der Waals surface area contributed by atoms with E-state index in [4.69, 9.17) is 4.74 Å². The number of carbonyl (C=O) groups excluding carboxylic acids is 3. The highest BCUT2D eigenvalue weighted by Crippen LogP contribution is 2.26. The zero-order valence-electron chi connectivity index (χ0n) is 10.7. The lowest BCUT2D eigenvalue weighted by atomic mass is 9.94. The van der Waals surface area contributed by atoms with E-state index < -0.39 is 23.5 Å². The van der Waals surface area contributed by atoms with E-state index in [0.29, 0.717) is 0 Å². The largest absolute Gasteiger partial charge is 0.496 e. The number of rotatable bonds is 5. The van der Waals surface area contributed by atoms with Crippen molar-refractivity contribution in [1.82, 2.24) is 0 Å². The minimum absolute atomic E-state index is 0.163. The number of ketones is 2. The number of methoxy groups -OCH3 is 2. The maximum atomic E-state index is 12.3. The van der Waals surface area contributed by atoms with Gasteiger partial charge < -0.3 is 9.47 Å². The summed E-state index contributed by atoms with van der Waals surface area (Å²) < 4.78 is 10.3. The summed E-state index contributed by atoms with van der Waals surface area (Å²) in [5.74, 6) is -3.25. The van der Waals surface area contributed by atoms with Crippen molar-refractivity contribution in [3.05, 3.63) is 28.2 Å². The maximum absolute atomic E-state index is 12.3. The number of hydrogen-bond acceptors (Lipinski definition) is 5. The second-order valence-electron chi connectivity index (χ2n) is 3.78. The molecule has 0 aliphatic heterocycles. The average molecular weight is 329 g/mol. The van der Waals surface area contributed by atoms with E-state index in [2.05, 4.69) is 20.7 Å². The lowest BCUT2D eigenvalue weighted by Crippen LogP contribution is -2.31. The summed E-state index contributed by atoms with van der Waals surface area (Å²) in [5, 5.41) is 0. The molecular weight excluding hydrogens is 316 g/mol. The molecule has 0 saturated heterocycles. The van der Waals surface area contributed by atoms with Crippen molar-refractivity contribution in [2.75, 3.05) is 14.2 Å². The Balaban J connectivity index is 3.24. The van der Waals surface area contributed by atoms with Crippen LogP contribution in [0.15, 0.2) is 22.7 Å². The number of halogens is 1. The highest BCUT2D eigenvalue weighted by Gasteiger charge is 2.34. The van der Waals surface area contributed by atoms with Crippen molar-refractivity contribution in [1.29, 1.82) is 0 Å². The highest BCUT2D eigenvalue weighted by atomic mass is 79.9. The number of ether oxygens (including phenoxy) is 2. The Hall–Kier alpha value is -1.69. The molecule has 6 heteroatoms. The third-order valence-electron chi connectivity index (χ3n) is 2.53. The highest BCUT2D eigenvalue weighted by molar-refractivity contribution is 9.10. The topological polar surface area (TPSA) is 69.7 Å². The van der Waals surface area contributed by atoms with E-state index in [0.717, 1.165) is 11.6 Å². The smallest absolute Gasteiger partial charge is 0.324 e. The van der Waals surface area contributed by atoms with Crippen molar-refractivity contribution in [2.45, 2.75) is 6.92 Å². The van der Waals surface area contributed by atoms with Gasteiger partial charge in [0.1, 0.15) is 5.75 Å². The SMILES string of the molecule is COC(=O)[C@@H](C(C)=O)C(=O)c1ccc(Br)cc1OC. The fourth-order valence-corrected chi connectivity index (χ4v) is 1.94. The van der Waals surface area contributed by atoms with E-state index in [1.165, 1.54) is 20.1 Å². The number of benzene rings is 1. The van der Waals surface area contributed by atoms with E-state index >= 15 is 0 Å². The van der Waals surface area contributed by atoms with Crippen LogP contribution < -0.4 is 4.74 Å². The minimum Gasteiger partial charge on any atom is -0.496 e. The van der Waals surface area contributed by atoms with Crippen LogP contribution in [0.25, 0.3) is 0 Å². The van der Waals surface area contributed by atoms with E-state index in [9.17, 15) is 14.4 Å². The normalized spacial score (nSPS) is 11.6. The molecule has 0 aliphatic carbocycles. The molecule has 0 saturated carbocycles. The van der Waals surface area contributed by atoms with Crippen molar-refractivity contribution < 1.29 is 23.9 Å². The van der Waals surface area contributed by atoms with Crippen LogP contribution >= 0.6 is 15.9 Å². The van der Waals surface area contributed by atoms with Gasteiger partial charge in [0, 0.05) is 4.47 Å². The molecule has 5 nitrogen and oxygen atoms in total. The molecule has 0 spiro atoms. The number of hydrogen-bond donors (Lipinski definition) is 0. The molecule has 1 aromatic rings. The summed E-state index contributed by atoms with van der Waals surface area (Å²) in [4.78, 5) is 35.2. The Morgan fingerprint density at radius 3 is 2.32 bits per heavy atom. The molecule has 0 aromatic heterocycles. The first-order valence-electron chi connectivity index (χ1n) is 5.38. The second kappa shape index (κ2) is 6.47. The Morgan fingerprint density at radius 1 is 1.21 bits per heavy atom. The molecule has 1 aromatic carbocycles. The molecule has 0 N–H and O–H groups in total. The Bertz CT molecular complexity index is 524. The number of esters is 1. The number of Topliss-reactive ketones (excluding diaryl/α,β-unsaturated/α-hetero) is 2. The minimum atomic E-state index is -1.46. The van der Waals surface area contributed by atoms with Crippen LogP contribution in [0.3, 0.4) is 0 Å². The molecule has 0 heterocycles. The fourth-order valence-electron chi connectivity index (χ4n) is 1.60. The van der Waals surface area contributed by atoms with Crippen LogP contribution in [0.2, 0.25) is 0 Å². The van der Waals surface area contributed by atoms with Gasteiger partial charge in [-0.05, 0) is 25.1 Å². The summed E-state index contributed by atoms with van der Waals surface area (Å²) in [5.41, 5.74) is 0.163. The molecule has 102 valence electrons. The lowest BCUT2D eigenvalue weighted by Gasteiger charge is -2.13. The van der Waals surface area contributed by atoms with Gasteiger partial charge in [-0.2, -0.15) is 0 Å².